The fourth-order valence-electron chi connectivity index (χ4n) is 3.23. The van der Waals surface area contributed by atoms with E-state index in [1.165, 1.54) is 16.5 Å². The molecule has 5 heteroatoms. The number of likely N-dealkylation sites (tertiary alicyclic amines) is 1. The second kappa shape index (κ2) is 7.51. The predicted octanol–water partition coefficient (Wildman–Crippen LogP) is 2.92. The Balaban J connectivity index is 1.43. The summed E-state index contributed by atoms with van der Waals surface area (Å²) >= 11 is 0. The van der Waals surface area contributed by atoms with Crippen molar-refractivity contribution in [3.8, 4) is 0 Å². The Labute approximate surface area is 137 Å². The van der Waals surface area contributed by atoms with E-state index in [-0.39, 0.29) is 6.09 Å². The molecule has 0 unspecified atom stereocenters. The SMILES string of the molecule is CCOC(=O)N1CCC(NCCc2c[nH]c3ccccc23)CC1. The number of carbonyl (C=O) groups excluding carboxylic acids is 1. The molecule has 0 bridgehead atoms. The second-order valence-corrected chi connectivity index (χ2v) is 6.02. The average Bonchev–Trinajstić information content (AvgIpc) is 2.99. The largest absolute Gasteiger partial charge is 0.450 e. The van der Waals surface area contributed by atoms with Gasteiger partial charge >= 0.3 is 6.09 Å². The summed E-state index contributed by atoms with van der Waals surface area (Å²) < 4.78 is 5.05. The van der Waals surface area contributed by atoms with Crippen LogP contribution < -0.4 is 5.32 Å². The van der Waals surface area contributed by atoms with Crippen molar-refractivity contribution in [1.82, 2.24) is 15.2 Å². The summed E-state index contributed by atoms with van der Waals surface area (Å²) in [6.45, 7) is 4.82. The molecule has 2 aromatic rings. The summed E-state index contributed by atoms with van der Waals surface area (Å²) in [6, 6.07) is 8.90. The maximum atomic E-state index is 11.7. The lowest BCUT2D eigenvalue weighted by molar-refractivity contribution is 0.0952. The van der Waals surface area contributed by atoms with Crippen LogP contribution in [0.4, 0.5) is 4.79 Å². The zero-order valence-electron chi connectivity index (χ0n) is 13.7. The van der Waals surface area contributed by atoms with Crippen molar-refractivity contribution >= 4 is 17.0 Å². The van der Waals surface area contributed by atoms with E-state index in [2.05, 4.69) is 40.8 Å². The van der Waals surface area contributed by atoms with Gasteiger partial charge in [0.2, 0.25) is 0 Å². The van der Waals surface area contributed by atoms with E-state index < -0.39 is 0 Å². The Morgan fingerprint density at radius 2 is 2.13 bits per heavy atom. The number of hydrogen-bond acceptors (Lipinski definition) is 3. The minimum atomic E-state index is -0.176. The first kappa shape index (κ1) is 15.9. The molecular formula is C18H25N3O2. The molecule has 1 aliphatic heterocycles. The minimum Gasteiger partial charge on any atom is -0.450 e. The molecule has 0 atom stereocenters. The van der Waals surface area contributed by atoms with Gasteiger partial charge in [-0.2, -0.15) is 0 Å². The number of H-pyrrole nitrogens is 1. The van der Waals surface area contributed by atoms with Gasteiger partial charge in [0, 0.05) is 36.2 Å². The number of piperidine rings is 1. The first-order valence-corrected chi connectivity index (χ1v) is 8.48. The molecule has 1 amide bonds. The van der Waals surface area contributed by atoms with Gasteiger partial charge < -0.3 is 19.9 Å². The molecular weight excluding hydrogens is 290 g/mol. The van der Waals surface area contributed by atoms with Crippen molar-refractivity contribution in [3.63, 3.8) is 0 Å². The molecule has 1 aromatic heterocycles. The van der Waals surface area contributed by atoms with Crippen LogP contribution in [0.1, 0.15) is 25.3 Å². The number of aromatic amines is 1. The maximum absolute atomic E-state index is 11.7. The van der Waals surface area contributed by atoms with Crippen molar-refractivity contribution < 1.29 is 9.53 Å². The van der Waals surface area contributed by atoms with Crippen molar-refractivity contribution in [2.45, 2.75) is 32.2 Å². The summed E-state index contributed by atoms with van der Waals surface area (Å²) in [5.74, 6) is 0. The summed E-state index contributed by atoms with van der Waals surface area (Å²) in [5.41, 5.74) is 2.56. The maximum Gasteiger partial charge on any atom is 0.409 e. The molecule has 1 saturated heterocycles. The third kappa shape index (κ3) is 3.85. The molecule has 2 heterocycles. The summed E-state index contributed by atoms with van der Waals surface area (Å²) in [7, 11) is 0. The molecule has 3 rings (SSSR count). The van der Waals surface area contributed by atoms with Gasteiger partial charge in [-0.1, -0.05) is 18.2 Å². The number of fused-ring (bicyclic) bond motifs is 1. The Bertz CT molecular complexity index is 645. The van der Waals surface area contributed by atoms with Crippen LogP contribution >= 0.6 is 0 Å². The number of rotatable bonds is 5. The van der Waals surface area contributed by atoms with Gasteiger partial charge in [-0.15, -0.1) is 0 Å². The fraction of sp³-hybridized carbons (Fsp3) is 0.500. The molecule has 0 saturated carbocycles. The number of aromatic nitrogens is 1. The number of ether oxygens (including phenoxy) is 1. The minimum absolute atomic E-state index is 0.176. The van der Waals surface area contributed by atoms with Crippen LogP contribution in [0.5, 0.6) is 0 Å². The number of carbonyl (C=O) groups is 1. The third-order valence-corrected chi connectivity index (χ3v) is 4.52. The lowest BCUT2D eigenvalue weighted by atomic mass is 10.0. The number of para-hydroxylation sites is 1. The van der Waals surface area contributed by atoms with Gasteiger partial charge in [-0.3, -0.25) is 0 Å². The molecule has 0 aliphatic carbocycles. The van der Waals surface area contributed by atoms with Gasteiger partial charge in [0.15, 0.2) is 0 Å². The van der Waals surface area contributed by atoms with Crippen LogP contribution in [-0.4, -0.2) is 48.3 Å². The Morgan fingerprint density at radius 1 is 1.35 bits per heavy atom. The molecule has 0 radical (unpaired) electrons. The summed E-state index contributed by atoms with van der Waals surface area (Å²) in [5, 5.41) is 4.93. The van der Waals surface area contributed by atoms with Crippen LogP contribution in [0.15, 0.2) is 30.5 Å². The predicted molar refractivity (Wildman–Crippen MR) is 91.6 cm³/mol. The Morgan fingerprint density at radius 3 is 2.91 bits per heavy atom. The van der Waals surface area contributed by atoms with E-state index in [9.17, 15) is 4.79 Å². The second-order valence-electron chi connectivity index (χ2n) is 6.02. The first-order chi connectivity index (χ1) is 11.3. The molecule has 23 heavy (non-hydrogen) atoms. The van der Waals surface area contributed by atoms with E-state index in [4.69, 9.17) is 4.74 Å². The van der Waals surface area contributed by atoms with Crippen molar-refractivity contribution in [1.29, 1.82) is 0 Å². The van der Waals surface area contributed by atoms with Crippen LogP contribution in [0.3, 0.4) is 0 Å². The zero-order chi connectivity index (χ0) is 16.1. The number of benzene rings is 1. The first-order valence-electron chi connectivity index (χ1n) is 8.48. The monoisotopic (exact) mass is 315 g/mol. The quantitative estimate of drug-likeness (QED) is 0.892. The Hall–Kier alpha value is -2.01. The van der Waals surface area contributed by atoms with Gasteiger partial charge in [0.1, 0.15) is 0 Å². The van der Waals surface area contributed by atoms with Crippen molar-refractivity contribution in [3.05, 3.63) is 36.0 Å². The van der Waals surface area contributed by atoms with Crippen LogP contribution in [-0.2, 0) is 11.2 Å². The van der Waals surface area contributed by atoms with Crippen LogP contribution in [0.25, 0.3) is 10.9 Å². The van der Waals surface area contributed by atoms with E-state index in [1.54, 1.807) is 4.90 Å². The third-order valence-electron chi connectivity index (χ3n) is 4.52. The molecule has 5 nitrogen and oxygen atoms in total. The smallest absolute Gasteiger partial charge is 0.409 e. The standard InChI is InChI=1S/C18H25N3O2/c1-2-23-18(22)21-11-8-15(9-12-21)19-10-7-14-13-20-17-6-4-3-5-16(14)17/h3-6,13,15,19-20H,2,7-12H2,1H3. The number of hydrogen-bond donors (Lipinski definition) is 2. The highest BCUT2D eigenvalue weighted by molar-refractivity contribution is 5.83. The number of nitrogens with zero attached hydrogens (tertiary/aromatic N) is 1. The number of amides is 1. The topological polar surface area (TPSA) is 57.4 Å². The van der Waals surface area contributed by atoms with Crippen molar-refractivity contribution in [2.75, 3.05) is 26.2 Å². The molecule has 1 aromatic carbocycles. The molecule has 124 valence electrons. The average molecular weight is 315 g/mol. The highest BCUT2D eigenvalue weighted by atomic mass is 16.6. The fourth-order valence-corrected chi connectivity index (χ4v) is 3.23. The summed E-state index contributed by atoms with van der Waals surface area (Å²) in [6.07, 6.45) is 4.93. The van der Waals surface area contributed by atoms with Crippen LogP contribution in [0, 0.1) is 0 Å². The highest BCUT2D eigenvalue weighted by Gasteiger charge is 2.22. The summed E-state index contributed by atoms with van der Waals surface area (Å²) in [4.78, 5) is 16.8. The van der Waals surface area contributed by atoms with Gasteiger partial charge in [0.25, 0.3) is 0 Å². The Kier molecular flexibility index (Phi) is 5.18. The number of nitrogens with one attached hydrogen (secondary N) is 2. The van der Waals surface area contributed by atoms with E-state index in [0.29, 0.717) is 12.6 Å². The van der Waals surface area contributed by atoms with E-state index >= 15 is 0 Å². The normalized spacial score (nSPS) is 16.0. The molecule has 2 N–H and O–H groups in total. The van der Waals surface area contributed by atoms with Crippen LogP contribution in [0.2, 0.25) is 0 Å². The van der Waals surface area contributed by atoms with E-state index in [1.807, 2.05) is 6.92 Å². The molecule has 1 fully saturated rings. The van der Waals surface area contributed by atoms with Gasteiger partial charge in [-0.05, 0) is 44.4 Å². The van der Waals surface area contributed by atoms with Crippen molar-refractivity contribution in [2.24, 2.45) is 0 Å². The molecule has 1 aliphatic rings. The zero-order valence-corrected chi connectivity index (χ0v) is 13.7. The lowest BCUT2D eigenvalue weighted by Gasteiger charge is -2.31. The highest BCUT2D eigenvalue weighted by Crippen LogP contribution is 2.18. The van der Waals surface area contributed by atoms with E-state index in [0.717, 1.165) is 38.9 Å². The lowest BCUT2D eigenvalue weighted by Crippen LogP contribution is -2.45. The molecule has 0 spiro atoms. The van der Waals surface area contributed by atoms with Gasteiger partial charge in [-0.25, -0.2) is 4.79 Å². The van der Waals surface area contributed by atoms with Gasteiger partial charge in [0.05, 0.1) is 6.61 Å².